The number of ketones is 1. The summed E-state index contributed by atoms with van der Waals surface area (Å²) in [4.78, 5) is 34.5. The van der Waals surface area contributed by atoms with E-state index in [1.165, 1.54) is 0 Å². The van der Waals surface area contributed by atoms with E-state index in [1.807, 2.05) is 42.5 Å². The number of imidazole rings is 1. The van der Waals surface area contributed by atoms with Crippen LogP contribution >= 0.6 is 0 Å². The van der Waals surface area contributed by atoms with Gasteiger partial charge in [-0.15, -0.1) is 0 Å². The van der Waals surface area contributed by atoms with Crippen molar-refractivity contribution in [1.82, 2.24) is 14.9 Å². The maximum atomic E-state index is 13.0. The van der Waals surface area contributed by atoms with Gasteiger partial charge < -0.3 is 15.2 Å². The average molecular weight is 388 g/mol. The lowest BCUT2D eigenvalue weighted by Gasteiger charge is -2.27. The van der Waals surface area contributed by atoms with Gasteiger partial charge in [-0.3, -0.25) is 4.79 Å². The van der Waals surface area contributed by atoms with Gasteiger partial charge in [-0.1, -0.05) is 36.4 Å². The number of nitrogens with zero attached hydrogens (tertiary/aromatic N) is 2. The fourth-order valence-corrected chi connectivity index (χ4v) is 3.82. The number of benzene rings is 2. The van der Waals surface area contributed by atoms with E-state index in [9.17, 15) is 9.59 Å². The van der Waals surface area contributed by atoms with Crippen molar-refractivity contribution in [2.45, 2.75) is 31.7 Å². The number of carbonyl (C=O) groups excluding carboxylic acids is 2. The van der Waals surface area contributed by atoms with Crippen molar-refractivity contribution in [2.24, 2.45) is 0 Å². The molecular weight excluding hydrogens is 364 g/mol. The van der Waals surface area contributed by atoms with Crippen LogP contribution in [-0.2, 0) is 6.42 Å². The third-order valence-corrected chi connectivity index (χ3v) is 5.36. The van der Waals surface area contributed by atoms with E-state index < -0.39 is 0 Å². The van der Waals surface area contributed by atoms with Crippen molar-refractivity contribution in [3.63, 3.8) is 0 Å². The van der Waals surface area contributed by atoms with Crippen molar-refractivity contribution in [3.8, 4) is 0 Å². The summed E-state index contributed by atoms with van der Waals surface area (Å²) in [6, 6.07) is 14.8. The second-order valence-corrected chi connectivity index (χ2v) is 7.33. The van der Waals surface area contributed by atoms with Crippen LogP contribution in [0.3, 0.4) is 0 Å². The Kier molecular flexibility index (Phi) is 5.42. The zero-order valence-corrected chi connectivity index (χ0v) is 16.4. The summed E-state index contributed by atoms with van der Waals surface area (Å²) in [6.45, 7) is 0. The summed E-state index contributed by atoms with van der Waals surface area (Å²) in [7, 11) is 1.74. The van der Waals surface area contributed by atoms with Crippen LogP contribution in [0, 0.1) is 0 Å². The highest BCUT2D eigenvalue weighted by molar-refractivity contribution is 6.00. The van der Waals surface area contributed by atoms with E-state index in [-0.39, 0.29) is 17.9 Å². The number of anilines is 1. The Bertz CT molecular complexity index is 999. The number of fused-ring (bicyclic) bond motifs is 1. The minimum absolute atomic E-state index is 0.153. The Hall–Kier alpha value is -3.41. The molecule has 29 heavy (non-hydrogen) atoms. The molecule has 1 aliphatic rings. The lowest BCUT2D eigenvalue weighted by Crippen LogP contribution is -2.36. The van der Waals surface area contributed by atoms with Crippen LogP contribution in [0.4, 0.5) is 10.5 Å². The smallest absolute Gasteiger partial charge is 0.322 e. The summed E-state index contributed by atoms with van der Waals surface area (Å²) in [5.74, 6) is 0.839. The highest BCUT2D eigenvalue weighted by Crippen LogP contribution is 2.27. The summed E-state index contributed by atoms with van der Waals surface area (Å²) in [5, 5.41) is 2.94. The Balaban J connectivity index is 1.58. The summed E-state index contributed by atoms with van der Waals surface area (Å²) in [5.41, 5.74) is 3.38. The van der Waals surface area contributed by atoms with Crippen molar-refractivity contribution in [1.29, 1.82) is 0 Å². The standard InChI is InChI=1S/C23H24N4O2/c1-27(21(22-24-13-14-25-22)17-8-3-2-4-9-17)23(29)26-18-12-11-16-7-5-6-10-20(28)19(16)15-18/h2-4,8-9,11-15,21H,5-7,10H2,1H3,(H,24,25)(H,26,29). The number of urea groups is 1. The maximum Gasteiger partial charge on any atom is 0.322 e. The van der Waals surface area contributed by atoms with Gasteiger partial charge in [-0.25, -0.2) is 9.78 Å². The molecule has 1 atom stereocenters. The quantitative estimate of drug-likeness (QED) is 0.643. The number of nitrogens with one attached hydrogen (secondary N) is 2. The number of hydrogen-bond donors (Lipinski definition) is 2. The summed E-state index contributed by atoms with van der Waals surface area (Å²) >= 11 is 0. The van der Waals surface area contributed by atoms with Crippen LogP contribution < -0.4 is 5.32 Å². The third kappa shape index (κ3) is 4.06. The van der Waals surface area contributed by atoms with Gasteiger partial charge in [0, 0.05) is 37.1 Å². The minimum atomic E-state index is -0.353. The second-order valence-electron chi connectivity index (χ2n) is 7.33. The fraction of sp³-hybridized carbons (Fsp3) is 0.261. The fourth-order valence-electron chi connectivity index (χ4n) is 3.82. The molecule has 1 heterocycles. The molecular formula is C23H24N4O2. The first-order chi connectivity index (χ1) is 14.1. The average Bonchev–Trinajstić information content (AvgIpc) is 3.20. The third-order valence-electron chi connectivity index (χ3n) is 5.36. The first kappa shape index (κ1) is 18.9. The number of aromatic amines is 1. The van der Waals surface area contributed by atoms with Crippen LogP contribution in [0.15, 0.2) is 60.9 Å². The zero-order valence-electron chi connectivity index (χ0n) is 16.4. The molecule has 6 nitrogen and oxygen atoms in total. The molecule has 1 aromatic heterocycles. The zero-order chi connectivity index (χ0) is 20.2. The van der Waals surface area contributed by atoms with Crippen LogP contribution in [0.25, 0.3) is 0 Å². The van der Waals surface area contributed by atoms with Crippen LogP contribution in [-0.4, -0.2) is 33.7 Å². The molecule has 0 aliphatic heterocycles. The van der Waals surface area contributed by atoms with Crippen molar-refractivity contribution < 1.29 is 9.59 Å². The van der Waals surface area contributed by atoms with Gasteiger partial charge in [0.15, 0.2) is 5.78 Å². The molecule has 0 bridgehead atoms. The van der Waals surface area contributed by atoms with Gasteiger partial charge in [0.05, 0.1) is 0 Å². The predicted molar refractivity (Wildman–Crippen MR) is 112 cm³/mol. The molecule has 0 fully saturated rings. The van der Waals surface area contributed by atoms with E-state index in [0.29, 0.717) is 17.9 Å². The molecule has 2 N–H and O–H groups in total. The Morgan fingerprint density at radius 2 is 1.93 bits per heavy atom. The first-order valence-corrected chi connectivity index (χ1v) is 9.87. The van der Waals surface area contributed by atoms with E-state index in [1.54, 1.807) is 30.4 Å². The molecule has 6 heteroatoms. The molecule has 0 spiro atoms. The van der Waals surface area contributed by atoms with Gasteiger partial charge in [0.1, 0.15) is 11.9 Å². The molecule has 0 saturated heterocycles. The lowest BCUT2D eigenvalue weighted by atomic mass is 10.0. The molecule has 1 aliphatic carbocycles. The topological polar surface area (TPSA) is 78.1 Å². The number of aryl methyl sites for hydroxylation is 1. The maximum absolute atomic E-state index is 13.0. The van der Waals surface area contributed by atoms with Crippen molar-refractivity contribution >= 4 is 17.5 Å². The Labute approximate surface area is 170 Å². The van der Waals surface area contributed by atoms with Gasteiger partial charge in [-0.05, 0) is 42.5 Å². The monoisotopic (exact) mass is 388 g/mol. The van der Waals surface area contributed by atoms with Gasteiger partial charge in [-0.2, -0.15) is 0 Å². The van der Waals surface area contributed by atoms with Crippen LogP contribution in [0.1, 0.15) is 52.6 Å². The predicted octanol–water partition coefficient (Wildman–Crippen LogP) is 4.57. The van der Waals surface area contributed by atoms with Crippen LogP contribution in [0.5, 0.6) is 0 Å². The molecule has 148 valence electrons. The first-order valence-electron chi connectivity index (χ1n) is 9.87. The van der Waals surface area contributed by atoms with E-state index in [0.717, 1.165) is 36.0 Å². The molecule has 1 unspecified atom stereocenters. The number of carbonyl (C=O) groups is 2. The number of Topliss-reactive ketones (excluding diaryl/α,β-unsaturated/α-hetero) is 1. The molecule has 3 aromatic rings. The van der Waals surface area contributed by atoms with Gasteiger partial charge >= 0.3 is 6.03 Å². The minimum Gasteiger partial charge on any atom is -0.347 e. The van der Waals surface area contributed by atoms with E-state index in [4.69, 9.17) is 0 Å². The van der Waals surface area contributed by atoms with Gasteiger partial charge in [0.25, 0.3) is 0 Å². The summed E-state index contributed by atoms with van der Waals surface area (Å²) in [6.07, 6.45) is 6.84. The largest absolute Gasteiger partial charge is 0.347 e. The molecule has 4 rings (SSSR count). The van der Waals surface area contributed by atoms with Crippen molar-refractivity contribution in [2.75, 3.05) is 12.4 Å². The van der Waals surface area contributed by atoms with E-state index in [2.05, 4.69) is 15.3 Å². The summed E-state index contributed by atoms with van der Waals surface area (Å²) < 4.78 is 0. The second kappa shape index (κ2) is 8.31. The number of H-pyrrole nitrogens is 1. The van der Waals surface area contributed by atoms with Gasteiger partial charge in [0.2, 0.25) is 0 Å². The normalized spacial score (nSPS) is 14.6. The number of amides is 2. The molecule has 0 saturated carbocycles. The number of rotatable bonds is 4. The Morgan fingerprint density at radius 3 is 2.69 bits per heavy atom. The van der Waals surface area contributed by atoms with E-state index >= 15 is 0 Å². The molecule has 2 aromatic carbocycles. The molecule has 0 radical (unpaired) electrons. The number of aromatic nitrogens is 2. The highest BCUT2D eigenvalue weighted by atomic mass is 16.2. The highest BCUT2D eigenvalue weighted by Gasteiger charge is 2.26. The Morgan fingerprint density at radius 1 is 1.14 bits per heavy atom. The van der Waals surface area contributed by atoms with Crippen molar-refractivity contribution in [3.05, 3.63) is 83.4 Å². The van der Waals surface area contributed by atoms with Crippen LogP contribution in [0.2, 0.25) is 0 Å². The lowest BCUT2D eigenvalue weighted by molar-refractivity contribution is 0.0982. The number of hydrogen-bond acceptors (Lipinski definition) is 3. The molecule has 2 amide bonds. The SMILES string of the molecule is CN(C(=O)Nc1ccc2c(c1)C(=O)CCCC2)C(c1ccccc1)c1ncc[nH]1.